The maximum Gasteiger partial charge on any atom is 0.242 e. The molecule has 0 bridgehead atoms. The van der Waals surface area contributed by atoms with Gasteiger partial charge in [0.25, 0.3) is 0 Å². The first-order valence-corrected chi connectivity index (χ1v) is 7.00. The van der Waals surface area contributed by atoms with Gasteiger partial charge in [-0.3, -0.25) is 9.59 Å². The lowest BCUT2D eigenvalue weighted by Crippen LogP contribution is -2.56. The highest BCUT2D eigenvalue weighted by Crippen LogP contribution is 2.60. The normalized spacial score (nSPS) is 32.6. The average molecular weight is 264 g/mol. The molecule has 0 aromatic rings. The van der Waals surface area contributed by atoms with Crippen molar-refractivity contribution in [2.75, 3.05) is 13.1 Å². The molecule has 0 aromatic carbocycles. The van der Waals surface area contributed by atoms with Gasteiger partial charge in [-0.1, -0.05) is 25.5 Å². The van der Waals surface area contributed by atoms with Crippen LogP contribution in [0.1, 0.15) is 34.6 Å². The lowest BCUT2D eigenvalue weighted by atomic mass is 10.1. The van der Waals surface area contributed by atoms with Crippen molar-refractivity contribution >= 4 is 11.8 Å². The van der Waals surface area contributed by atoms with Crippen LogP contribution in [0.2, 0.25) is 0 Å². The van der Waals surface area contributed by atoms with Crippen LogP contribution >= 0.6 is 0 Å². The molecule has 2 amide bonds. The van der Waals surface area contributed by atoms with Gasteiger partial charge in [0.05, 0.1) is 5.92 Å². The molecule has 2 rings (SSSR count). The molecule has 0 radical (unpaired) electrons. The summed E-state index contributed by atoms with van der Waals surface area (Å²) in [5.41, 5.74) is 1.26. The van der Waals surface area contributed by atoms with E-state index in [1.807, 2.05) is 0 Å². The van der Waals surface area contributed by atoms with E-state index in [0.717, 1.165) is 0 Å². The fourth-order valence-corrected chi connectivity index (χ4v) is 3.08. The molecule has 1 saturated heterocycles. The molecule has 0 unspecified atom stereocenters. The summed E-state index contributed by atoms with van der Waals surface area (Å²) in [5, 5.41) is 2.80. The van der Waals surface area contributed by atoms with Crippen molar-refractivity contribution in [2.45, 2.75) is 40.7 Å². The Labute approximate surface area is 115 Å². The lowest BCUT2D eigenvalue weighted by molar-refractivity contribution is -0.144. The van der Waals surface area contributed by atoms with Crippen LogP contribution in [0.25, 0.3) is 0 Å². The minimum absolute atomic E-state index is 0.0159. The highest BCUT2D eigenvalue weighted by Gasteiger charge is 2.61. The molecular formula is C15H24N2O2. The minimum Gasteiger partial charge on any atom is -0.353 e. The molecule has 1 aliphatic heterocycles. The number of allylic oxidation sites excluding steroid dienone is 2. The number of carbonyl (C=O) groups excluding carboxylic acids is 2. The Balaban J connectivity index is 2.13. The molecule has 2 fully saturated rings. The highest BCUT2D eigenvalue weighted by molar-refractivity contribution is 5.91. The first-order chi connectivity index (χ1) is 8.76. The van der Waals surface area contributed by atoms with Gasteiger partial charge in [-0.05, 0) is 32.1 Å². The standard InChI is InChI=1S/C15H24N2O2/c1-9(2)8-11-12(15(11,4)5)14(19)17-7-6-16-13(18)10(17)3/h8,10-12H,6-7H2,1-5H3,(H,16,18)/t10-,11-,12+/m1/s1. The zero-order chi connectivity index (χ0) is 14.4. The number of rotatable bonds is 2. The van der Waals surface area contributed by atoms with Gasteiger partial charge in [0.2, 0.25) is 11.8 Å². The number of hydrogen-bond donors (Lipinski definition) is 1. The van der Waals surface area contributed by atoms with Crippen LogP contribution in [-0.4, -0.2) is 35.8 Å². The molecule has 106 valence electrons. The summed E-state index contributed by atoms with van der Waals surface area (Å²) in [5.74, 6) is 0.421. The van der Waals surface area contributed by atoms with E-state index in [2.05, 4.69) is 39.1 Å². The first kappa shape index (κ1) is 14.1. The van der Waals surface area contributed by atoms with E-state index in [4.69, 9.17) is 0 Å². The topological polar surface area (TPSA) is 49.4 Å². The fourth-order valence-electron chi connectivity index (χ4n) is 3.08. The van der Waals surface area contributed by atoms with Gasteiger partial charge < -0.3 is 10.2 Å². The maximum absolute atomic E-state index is 12.6. The number of nitrogens with one attached hydrogen (secondary N) is 1. The van der Waals surface area contributed by atoms with Crippen LogP contribution in [0.5, 0.6) is 0 Å². The Kier molecular flexibility index (Phi) is 3.45. The van der Waals surface area contributed by atoms with Crippen LogP contribution < -0.4 is 5.32 Å². The van der Waals surface area contributed by atoms with Crippen molar-refractivity contribution in [3.8, 4) is 0 Å². The summed E-state index contributed by atoms with van der Waals surface area (Å²) in [4.78, 5) is 26.0. The largest absolute Gasteiger partial charge is 0.353 e. The van der Waals surface area contributed by atoms with Crippen LogP contribution in [0.15, 0.2) is 11.6 Å². The van der Waals surface area contributed by atoms with E-state index in [-0.39, 0.29) is 29.2 Å². The van der Waals surface area contributed by atoms with Crippen molar-refractivity contribution in [2.24, 2.45) is 17.3 Å². The number of carbonyl (C=O) groups is 2. The third kappa shape index (κ3) is 2.40. The van der Waals surface area contributed by atoms with Crippen molar-refractivity contribution in [3.05, 3.63) is 11.6 Å². The van der Waals surface area contributed by atoms with Crippen LogP contribution in [0, 0.1) is 17.3 Å². The fraction of sp³-hybridized carbons (Fsp3) is 0.733. The number of hydrogen-bond acceptors (Lipinski definition) is 2. The molecule has 4 nitrogen and oxygen atoms in total. The Morgan fingerprint density at radius 1 is 1.42 bits per heavy atom. The van der Waals surface area contributed by atoms with Gasteiger partial charge >= 0.3 is 0 Å². The Morgan fingerprint density at radius 3 is 2.63 bits per heavy atom. The molecule has 0 spiro atoms. The van der Waals surface area contributed by atoms with E-state index in [1.54, 1.807) is 11.8 Å². The van der Waals surface area contributed by atoms with Crippen molar-refractivity contribution < 1.29 is 9.59 Å². The van der Waals surface area contributed by atoms with Crippen molar-refractivity contribution in [1.29, 1.82) is 0 Å². The van der Waals surface area contributed by atoms with E-state index < -0.39 is 0 Å². The van der Waals surface area contributed by atoms with Crippen LogP contribution in [-0.2, 0) is 9.59 Å². The van der Waals surface area contributed by atoms with Gasteiger partial charge in [0.1, 0.15) is 6.04 Å². The van der Waals surface area contributed by atoms with E-state index in [1.165, 1.54) is 5.57 Å². The van der Waals surface area contributed by atoms with Crippen LogP contribution in [0.4, 0.5) is 0 Å². The third-order valence-electron chi connectivity index (χ3n) is 4.47. The number of amides is 2. The predicted molar refractivity (Wildman–Crippen MR) is 74.4 cm³/mol. The van der Waals surface area contributed by atoms with Gasteiger partial charge in [0.15, 0.2) is 0 Å². The molecular weight excluding hydrogens is 240 g/mol. The van der Waals surface area contributed by atoms with E-state index >= 15 is 0 Å². The van der Waals surface area contributed by atoms with Crippen molar-refractivity contribution in [3.63, 3.8) is 0 Å². The van der Waals surface area contributed by atoms with E-state index in [0.29, 0.717) is 19.0 Å². The molecule has 2 aliphatic rings. The molecule has 1 heterocycles. The van der Waals surface area contributed by atoms with Gasteiger partial charge in [-0.15, -0.1) is 0 Å². The molecule has 0 aromatic heterocycles. The molecule has 3 atom stereocenters. The number of nitrogens with zero attached hydrogens (tertiary/aromatic N) is 1. The van der Waals surface area contributed by atoms with Gasteiger partial charge in [-0.2, -0.15) is 0 Å². The molecule has 1 aliphatic carbocycles. The molecule has 4 heteroatoms. The smallest absolute Gasteiger partial charge is 0.242 e. The minimum atomic E-state index is -0.343. The monoisotopic (exact) mass is 264 g/mol. The van der Waals surface area contributed by atoms with E-state index in [9.17, 15) is 9.59 Å². The molecule has 1 saturated carbocycles. The summed E-state index contributed by atoms with van der Waals surface area (Å²) < 4.78 is 0. The average Bonchev–Trinajstić information content (AvgIpc) is 2.82. The highest BCUT2D eigenvalue weighted by atomic mass is 16.2. The molecule has 1 N–H and O–H groups in total. The molecule has 19 heavy (non-hydrogen) atoms. The van der Waals surface area contributed by atoms with Crippen LogP contribution in [0.3, 0.4) is 0 Å². The quantitative estimate of drug-likeness (QED) is 0.770. The maximum atomic E-state index is 12.6. The Morgan fingerprint density at radius 2 is 2.05 bits per heavy atom. The van der Waals surface area contributed by atoms with Gasteiger partial charge in [0, 0.05) is 13.1 Å². The summed E-state index contributed by atoms with van der Waals surface area (Å²) in [6, 6.07) is -0.343. The second-order valence-corrected chi connectivity index (χ2v) is 6.57. The summed E-state index contributed by atoms with van der Waals surface area (Å²) in [7, 11) is 0. The lowest BCUT2D eigenvalue weighted by Gasteiger charge is -2.33. The second kappa shape index (κ2) is 4.66. The zero-order valence-corrected chi connectivity index (χ0v) is 12.5. The SMILES string of the molecule is CC(C)=C[C@@H]1[C@@H](C(=O)N2CCNC(=O)[C@H]2C)C1(C)C. The summed E-state index contributed by atoms with van der Waals surface area (Å²) >= 11 is 0. The Bertz CT molecular complexity index is 435. The van der Waals surface area contributed by atoms with Crippen molar-refractivity contribution in [1.82, 2.24) is 10.2 Å². The first-order valence-electron chi connectivity index (χ1n) is 7.00. The second-order valence-electron chi connectivity index (χ2n) is 6.57. The Hall–Kier alpha value is -1.32. The number of piperazine rings is 1. The summed E-state index contributed by atoms with van der Waals surface area (Å²) in [6.45, 7) is 11.4. The van der Waals surface area contributed by atoms with Gasteiger partial charge in [-0.25, -0.2) is 0 Å². The third-order valence-corrected chi connectivity index (χ3v) is 4.47. The summed E-state index contributed by atoms with van der Waals surface area (Å²) in [6.07, 6.45) is 2.19. The predicted octanol–water partition coefficient (Wildman–Crippen LogP) is 1.57. The zero-order valence-electron chi connectivity index (χ0n) is 12.5.